The summed E-state index contributed by atoms with van der Waals surface area (Å²) in [6, 6.07) is 41.8. The van der Waals surface area contributed by atoms with Crippen molar-refractivity contribution in [1.82, 2.24) is 5.01 Å². The smallest absolute Gasteiger partial charge is 0.213 e. The van der Waals surface area contributed by atoms with Crippen molar-refractivity contribution in [1.29, 1.82) is 0 Å². The van der Waals surface area contributed by atoms with Gasteiger partial charge in [-0.25, -0.2) is 5.01 Å². The maximum absolute atomic E-state index is 6.55. The van der Waals surface area contributed by atoms with Gasteiger partial charge in [0.05, 0.1) is 11.8 Å². The van der Waals surface area contributed by atoms with Crippen LogP contribution in [-0.2, 0) is 6.61 Å². The van der Waals surface area contributed by atoms with Gasteiger partial charge >= 0.3 is 0 Å². The van der Waals surface area contributed by atoms with E-state index >= 15 is 0 Å². The van der Waals surface area contributed by atoms with Crippen LogP contribution in [0.5, 0.6) is 11.5 Å². The molecular weight excluding hydrogens is 456 g/mol. The largest absolute Gasteiger partial charge is 0.489 e. The van der Waals surface area contributed by atoms with Crippen molar-refractivity contribution in [2.75, 3.05) is 0 Å². The third-order valence-electron chi connectivity index (χ3n) is 7.21. The van der Waals surface area contributed by atoms with E-state index in [1.54, 1.807) is 0 Å². The summed E-state index contributed by atoms with van der Waals surface area (Å²) in [5, 5.41) is 9.78. The second kappa shape index (κ2) is 9.14. The Hall–Kier alpha value is -4.57. The zero-order valence-electron chi connectivity index (χ0n) is 20.3. The first-order valence-electron chi connectivity index (χ1n) is 12.7. The molecule has 2 aliphatic rings. The molecule has 0 N–H and O–H groups in total. The normalized spacial score (nSPS) is 18.1. The summed E-state index contributed by atoms with van der Waals surface area (Å²) in [5.41, 5.74) is 5.66. The minimum atomic E-state index is -0.310. The van der Waals surface area contributed by atoms with Crippen LogP contribution in [-0.4, -0.2) is 10.7 Å². The topological polar surface area (TPSA) is 34.1 Å². The SMILES string of the molecule is c1ccc(COc2ccc(C3Oc4ccccc4C4CC(c5cccc6ccccc56)=NN43)cc2)cc1. The molecule has 0 saturated carbocycles. The maximum atomic E-state index is 6.55. The molecule has 180 valence electrons. The van der Waals surface area contributed by atoms with Crippen LogP contribution in [0, 0.1) is 0 Å². The summed E-state index contributed by atoms with van der Waals surface area (Å²) in [7, 11) is 0. The Labute approximate surface area is 216 Å². The highest BCUT2D eigenvalue weighted by molar-refractivity contribution is 6.11. The highest BCUT2D eigenvalue weighted by Gasteiger charge is 2.41. The van der Waals surface area contributed by atoms with Gasteiger partial charge in [-0.2, -0.15) is 5.10 Å². The maximum Gasteiger partial charge on any atom is 0.213 e. The number of hydrogen-bond donors (Lipinski definition) is 0. The van der Waals surface area contributed by atoms with Gasteiger partial charge in [-0.1, -0.05) is 91.0 Å². The molecule has 0 aliphatic carbocycles. The summed E-state index contributed by atoms with van der Waals surface area (Å²) in [5.74, 6) is 1.76. The van der Waals surface area contributed by atoms with Gasteiger partial charge in [0.25, 0.3) is 0 Å². The number of rotatable bonds is 5. The average molecular weight is 483 g/mol. The number of ether oxygens (including phenoxy) is 2. The van der Waals surface area contributed by atoms with Crippen molar-refractivity contribution in [2.45, 2.75) is 25.3 Å². The van der Waals surface area contributed by atoms with Gasteiger partial charge < -0.3 is 9.47 Å². The zero-order valence-corrected chi connectivity index (χ0v) is 20.3. The molecule has 5 aromatic rings. The lowest BCUT2D eigenvalue weighted by Crippen LogP contribution is -2.33. The Morgan fingerprint density at radius 3 is 2.41 bits per heavy atom. The predicted molar refractivity (Wildman–Crippen MR) is 147 cm³/mol. The Kier molecular flexibility index (Phi) is 5.36. The molecule has 0 amide bonds. The van der Waals surface area contributed by atoms with Gasteiger partial charge in [0.15, 0.2) is 0 Å². The molecule has 37 heavy (non-hydrogen) atoms. The average Bonchev–Trinajstić information content (AvgIpc) is 3.42. The standard InChI is InChI=1S/C33H26N2O2/c1-2-9-23(10-3-1)22-36-26-19-17-25(18-20-26)33-35-31(29-14-6-7-16-32(29)37-33)21-30(34-35)28-15-8-12-24-11-4-5-13-27(24)28/h1-20,31,33H,21-22H2. The number of hydrogen-bond acceptors (Lipinski definition) is 4. The Bertz CT molecular complexity index is 1590. The molecule has 0 bridgehead atoms. The first-order chi connectivity index (χ1) is 18.3. The molecule has 2 heterocycles. The van der Waals surface area contributed by atoms with E-state index in [0.717, 1.165) is 34.8 Å². The van der Waals surface area contributed by atoms with Gasteiger partial charge in [-0.15, -0.1) is 0 Å². The third kappa shape index (κ3) is 4.01. The zero-order chi connectivity index (χ0) is 24.6. The van der Waals surface area contributed by atoms with Crippen molar-refractivity contribution in [3.63, 3.8) is 0 Å². The number of hydrazone groups is 1. The van der Waals surface area contributed by atoms with Crippen molar-refractivity contribution in [3.8, 4) is 11.5 Å². The first kappa shape index (κ1) is 21.7. The highest BCUT2D eigenvalue weighted by atomic mass is 16.5. The molecule has 7 rings (SSSR count). The lowest BCUT2D eigenvalue weighted by molar-refractivity contribution is -0.0190. The Morgan fingerprint density at radius 1 is 0.757 bits per heavy atom. The van der Waals surface area contributed by atoms with Crippen molar-refractivity contribution >= 4 is 16.5 Å². The quantitative estimate of drug-likeness (QED) is 0.258. The second-order valence-electron chi connectivity index (χ2n) is 9.52. The Balaban J connectivity index is 1.21. The van der Waals surface area contributed by atoms with Gasteiger partial charge in [0, 0.05) is 23.1 Å². The number of fused-ring (bicyclic) bond motifs is 4. The molecule has 0 saturated heterocycles. The van der Waals surface area contributed by atoms with Gasteiger partial charge in [0.1, 0.15) is 18.1 Å². The molecule has 2 unspecified atom stereocenters. The summed E-state index contributed by atoms with van der Waals surface area (Å²) in [4.78, 5) is 0. The Morgan fingerprint density at radius 2 is 1.51 bits per heavy atom. The van der Waals surface area contributed by atoms with E-state index in [9.17, 15) is 0 Å². The summed E-state index contributed by atoms with van der Waals surface area (Å²) < 4.78 is 12.6. The molecule has 0 aromatic heterocycles. The highest BCUT2D eigenvalue weighted by Crippen LogP contribution is 2.47. The third-order valence-corrected chi connectivity index (χ3v) is 7.21. The summed E-state index contributed by atoms with van der Waals surface area (Å²) in [6.45, 7) is 0.542. The summed E-state index contributed by atoms with van der Waals surface area (Å²) in [6.07, 6.45) is 0.527. The van der Waals surface area contributed by atoms with Crippen LogP contribution in [0.15, 0.2) is 126 Å². The van der Waals surface area contributed by atoms with Crippen LogP contribution < -0.4 is 9.47 Å². The van der Waals surface area contributed by atoms with Crippen molar-refractivity contribution < 1.29 is 9.47 Å². The van der Waals surface area contributed by atoms with E-state index < -0.39 is 0 Å². The monoisotopic (exact) mass is 482 g/mol. The summed E-state index contributed by atoms with van der Waals surface area (Å²) >= 11 is 0. The number of para-hydroxylation sites is 1. The van der Waals surface area contributed by atoms with Gasteiger partial charge in [-0.3, -0.25) is 0 Å². The molecule has 4 heteroatoms. The fourth-order valence-electron chi connectivity index (χ4n) is 5.36. The van der Waals surface area contributed by atoms with Crippen LogP contribution in [0.25, 0.3) is 10.8 Å². The molecule has 0 fully saturated rings. The predicted octanol–water partition coefficient (Wildman–Crippen LogP) is 7.66. The van der Waals surface area contributed by atoms with E-state index in [-0.39, 0.29) is 12.3 Å². The molecule has 5 aromatic carbocycles. The molecule has 2 aliphatic heterocycles. The van der Waals surface area contributed by atoms with Crippen LogP contribution >= 0.6 is 0 Å². The lowest BCUT2D eigenvalue weighted by atomic mass is 9.93. The van der Waals surface area contributed by atoms with Crippen molar-refractivity contribution in [2.24, 2.45) is 5.10 Å². The van der Waals surface area contributed by atoms with E-state index in [2.05, 4.69) is 89.9 Å². The number of nitrogens with zero attached hydrogens (tertiary/aromatic N) is 2. The molecule has 4 nitrogen and oxygen atoms in total. The lowest BCUT2D eigenvalue weighted by Gasteiger charge is -2.38. The van der Waals surface area contributed by atoms with E-state index in [1.807, 2.05) is 36.4 Å². The number of benzene rings is 5. The minimum absolute atomic E-state index is 0.123. The van der Waals surface area contributed by atoms with E-state index in [0.29, 0.717) is 6.61 Å². The fraction of sp³-hybridized carbons (Fsp3) is 0.121. The molecule has 0 radical (unpaired) electrons. The minimum Gasteiger partial charge on any atom is -0.489 e. The first-order valence-corrected chi connectivity index (χ1v) is 12.7. The van der Waals surface area contributed by atoms with Crippen molar-refractivity contribution in [3.05, 3.63) is 144 Å². The molecular formula is C33H26N2O2. The molecule has 2 atom stereocenters. The fourth-order valence-corrected chi connectivity index (χ4v) is 5.36. The van der Waals surface area contributed by atoms with Gasteiger partial charge in [-0.05, 0) is 46.7 Å². The second-order valence-corrected chi connectivity index (χ2v) is 9.52. The van der Waals surface area contributed by atoms with Crippen LogP contribution in [0.4, 0.5) is 0 Å². The van der Waals surface area contributed by atoms with Crippen LogP contribution in [0.1, 0.15) is 40.9 Å². The van der Waals surface area contributed by atoms with E-state index in [1.165, 1.54) is 21.9 Å². The van der Waals surface area contributed by atoms with Gasteiger partial charge in [0.2, 0.25) is 6.23 Å². The molecule has 0 spiro atoms. The van der Waals surface area contributed by atoms with E-state index in [4.69, 9.17) is 14.6 Å². The van der Waals surface area contributed by atoms with Crippen LogP contribution in [0.3, 0.4) is 0 Å². The van der Waals surface area contributed by atoms with Crippen LogP contribution in [0.2, 0.25) is 0 Å².